The first-order valence-corrected chi connectivity index (χ1v) is 11.6. The molecule has 1 aliphatic rings. The Balaban J connectivity index is 2.14. The highest BCUT2D eigenvalue weighted by atomic mass is 79.9. The molecule has 0 fully saturated rings. The number of fused-ring (bicyclic) bond motifs is 1. The summed E-state index contributed by atoms with van der Waals surface area (Å²) in [5.74, 6) is -0.385. The van der Waals surface area contributed by atoms with E-state index in [-0.39, 0.29) is 12.1 Å². The molecular formula is C25H33BrN2O3. The van der Waals surface area contributed by atoms with E-state index < -0.39 is 11.7 Å². The van der Waals surface area contributed by atoms with Gasteiger partial charge in [0.05, 0.1) is 27.6 Å². The fraction of sp³-hybridized carbons (Fsp3) is 0.520. The molecule has 0 bridgehead atoms. The Hall–Kier alpha value is -1.92. The minimum Gasteiger partial charge on any atom is -0.461 e. The summed E-state index contributed by atoms with van der Waals surface area (Å²) in [4.78, 5) is 20.3. The lowest BCUT2D eigenvalue weighted by molar-refractivity contribution is -0.171. The number of carbonyl (C=O) groups excluding carboxylic acids is 1. The van der Waals surface area contributed by atoms with Crippen molar-refractivity contribution in [1.29, 1.82) is 0 Å². The van der Waals surface area contributed by atoms with Gasteiger partial charge in [0, 0.05) is 24.3 Å². The van der Waals surface area contributed by atoms with Gasteiger partial charge < -0.3 is 14.4 Å². The summed E-state index contributed by atoms with van der Waals surface area (Å²) in [5.41, 5.74) is 5.56. The summed E-state index contributed by atoms with van der Waals surface area (Å²) in [7, 11) is 0. The molecule has 1 aromatic heterocycles. The average Bonchev–Trinajstić information content (AvgIpc) is 2.67. The zero-order valence-corrected chi connectivity index (χ0v) is 21.2. The van der Waals surface area contributed by atoms with Crippen molar-refractivity contribution < 1.29 is 14.3 Å². The van der Waals surface area contributed by atoms with Gasteiger partial charge in [-0.1, -0.05) is 24.3 Å². The van der Waals surface area contributed by atoms with E-state index in [1.807, 2.05) is 48.5 Å². The van der Waals surface area contributed by atoms with E-state index in [0.29, 0.717) is 0 Å². The molecule has 0 spiro atoms. The summed E-state index contributed by atoms with van der Waals surface area (Å²) < 4.78 is 12.8. The number of hydrogen-bond acceptors (Lipinski definition) is 5. The number of hydrogen-bond donors (Lipinski definition) is 0. The number of aromatic nitrogens is 1. The van der Waals surface area contributed by atoms with Gasteiger partial charge in [-0.15, -0.1) is 0 Å². The number of carbonyl (C=O) groups is 1. The molecule has 0 N–H and O–H groups in total. The Morgan fingerprint density at radius 2 is 1.77 bits per heavy atom. The zero-order valence-electron chi connectivity index (χ0n) is 19.6. The Labute approximate surface area is 194 Å². The number of ether oxygens (including phenoxy) is 2. The van der Waals surface area contributed by atoms with Gasteiger partial charge in [0.2, 0.25) is 0 Å². The third kappa shape index (κ3) is 5.47. The molecule has 0 radical (unpaired) electrons. The van der Waals surface area contributed by atoms with Crippen LogP contribution in [0.25, 0.3) is 0 Å². The number of nitrogens with zero attached hydrogens (tertiary/aromatic N) is 2. The summed E-state index contributed by atoms with van der Waals surface area (Å²) in [5, 5.41) is 0. The van der Waals surface area contributed by atoms with Crippen molar-refractivity contribution in [3.05, 3.63) is 56.8 Å². The monoisotopic (exact) mass is 488 g/mol. The predicted molar refractivity (Wildman–Crippen MR) is 127 cm³/mol. The summed E-state index contributed by atoms with van der Waals surface area (Å²) in [6.45, 7) is 15.1. The third-order valence-electron chi connectivity index (χ3n) is 5.25. The maximum absolute atomic E-state index is 13.2. The fourth-order valence-corrected chi connectivity index (χ4v) is 4.56. The molecule has 6 heteroatoms. The van der Waals surface area contributed by atoms with Crippen LogP contribution in [-0.4, -0.2) is 29.2 Å². The second-order valence-corrected chi connectivity index (χ2v) is 10.2. The van der Waals surface area contributed by atoms with Crippen LogP contribution in [0.2, 0.25) is 0 Å². The molecule has 0 amide bonds. The highest BCUT2D eigenvalue weighted by molar-refractivity contribution is 9.10. The molecule has 1 aromatic carbocycles. The highest BCUT2D eigenvalue weighted by Gasteiger charge is 2.36. The lowest BCUT2D eigenvalue weighted by Gasteiger charge is -2.36. The Kier molecular flexibility index (Phi) is 7.11. The first-order valence-electron chi connectivity index (χ1n) is 10.8. The van der Waals surface area contributed by atoms with Crippen LogP contribution in [0.1, 0.15) is 68.8 Å². The van der Waals surface area contributed by atoms with Gasteiger partial charge in [0.1, 0.15) is 0 Å². The number of aryl methyl sites for hydroxylation is 2. The molecule has 3 rings (SSSR count). The molecule has 1 unspecified atom stereocenters. The van der Waals surface area contributed by atoms with Crippen LogP contribution in [-0.2, 0) is 27.2 Å². The standard InChI is InChI=1S/C25H33BrN2O3/c1-15(2)30-24(29)23(31-25(5,6)7)20-16(3)27-17(4)21(26)22(20)28-13-12-18-10-8-9-11-19(18)14-28/h8-11,15,23H,12-14H2,1-7H3. The van der Waals surface area contributed by atoms with Gasteiger partial charge in [-0.2, -0.15) is 0 Å². The first-order chi connectivity index (χ1) is 14.5. The van der Waals surface area contributed by atoms with Crippen LogP contribution in [0, 0.1) is 13.8 Å². The third-order valence-corrected chi connectivity index (χ3v) is 6.20. The van der Waals surface area contributed by atoms with Crippen LogP contribution < -0.4 is 4.90 Å². The minimum absolute atomic E-state index is 0.231. The van der Waals surface area contributed by atoms with Crippen LogP contribution in [0.15, 0.2) is 28.7 Å². The van der Waals surface area contributed by atoms with E-state index in [4.69, 9.17) is 14.5 Å². The van der Waals surface area contributed by atoms with Gasteiger partial charge >= 0.3 is 5.97 Å². The largest absolute Gasteiger partial charge is 0.461 e. The van der Waals surface area contributed by atoms with Gasteiger partial charge in [0.15, 0.2) is 6.10 Å². The van der Waals surface area contributed by atoms with Gasteiger partial charge in [0.25, 0.3) is 0 Å². The number of esters is 1. The number of halogens is 1. The van der Waals surface area contributed by atoms with E-state index in [1.54, 1.807) is 0 Å². The topological polar surface area (TPSA) is 51.7 Å². The molecular weight excluding hydrogens is 456 g/mol. The fourth-order valence-electron chi connectivity index (χ4n) is 4.00. The van der Waals surface area contributed by atoms with Crippen LogP contribution in [0.3, 0.4) is 0 Å². The molecule has 0 saturated carbocycles. The smallest absolute Gasteiger partial charge is 0.340 e. The van der Waals surface area contributed by atoms with E-state index in [9.17, 15) is 4.79 Å². The SMILES string of the molecule is Cc1nc(C)c(C(OC(C)(C)C)C(=O)OC(C)C)c(N2CCc3ccccc3C2)c1Br. The zero-order chi connectivity index (χ0) is 22.9. The van der Waals surface area contributed by atoms with Crippen molar-refractivity contribution in [2.24, 2.45) is 0 Å². The number of pyridine rings is 1. The van der Waals surface area contributed by atoms with Gasteiger partial charge in [-0.3, -0.25) is 4.98 Å². The number of benzene rings is 1. The van der Waals surface area contributed by atoms with Crippen molar-refractivity contribution in [3.8, 4) is 0 Å². The summed E-state index contributed by atoms with van der Waals surface area (Å²) >= 11 is 3.78. The highest BCUT2D eigenvalue weighted by Crippen LogP contribution is 2.42. The number of rotatable bonds is 5. The van der Waals surface area contributed by atoms with E-state index in [0.717, 1.165) is 46.6 Å². The lowest BCUT2D eigenvalue weighted by Crippen LogP contribution is -2.35. The summed E-state index contributed by atoms with van der Waals surface area (Å²) in [6, 6.07) is 8.53. The second kappa shape index (κ2) is 9.29. The maximum Gasteiger partial charge on any atom is 0.340 e. The van der Waals surface area contributed by atoms with Crippen LogP contribution in [0.4, 0.5) is 5.69 Å². The summed E-state index contributed by atoms with van der Waals surface area (Å²) in [6.07, 6.45) is -0.144. The number of anilines is 1. The van der Waals surface area contributed by atoms with Crippen molar-refractivity contribution >= 4 is 27.6 Å². The normalized spacial score (nSPS) is 15.1. The Morgan fingerprint density at radius 3 is 2.39 bits per heavy atom. The Bertz CT molecular complexity index is 966. The Morgan fingerprint density at radius 1 is 1.13 bits per heavy atom. The van der Waals surface area contributed by atoms with Crippen LogP contribution in [0.5, 0.6) is 0 Å². The molecule has 5 nitrogen and oxygen atoms in total. The maximum atomic E-state index is 13.2. The van der Waals surface area contributed by atoms with E-state index in [1.165, 1.54) is 11.1 Å². The van der Waals surface area contributed by atoms with Gasteiger partial charge in [-0.05, 0) is 81.9 Å². The second-order valence-electron chi connectivity index (χ2n) is 9.40. The first kappa shape index (κ1) is 23.7. The molecule has 0 saturated heterocycles. The van der Waals surface area contributed by atoms with Crippen molar-refractivity contribution in [2.75, 3.05) is 11.4 Å². The molecule has 1 atom stereocenters. The van der Waals surface area contributed by atoms with Gasteiger partial charge in [-0.25, -0.2) is 4.79 Å². The molecule has 2 aromatic rings. The molecule has 168 valence electrons. The molecule has 0 aliphatic carbocycles. The lowest BCUT2D eigenvalue weighted by atomic mass is 9.96. The minimum atomic E-state index is -0.862. The molecule has 2 heterocycles. The van der Waals surface area contributed by atoms with Crippen molar-refractivity contribution in [1.82, 2.24) is 4.98 Å². The average molecular weight is 489 g/mol. The van der Waals surface area contributed by atoms with Crippen LogP contribution >= 0.6 is 15.9 Å². The van der Waals surface area contributed by atoms with Crippen molar-refractivity contribution in [3.63, 3.8) is 0 Å². The predicted octanol–water partition coefficient (Wildman–Crippen LogP) is 5.83. The molecule has 1 aliphatic heterocycles. The van der Waals surface area contributed by atoms with E-state index >= 15 is 0 Å². The quantitative estimate of drug-likeness (QED) is 0.495. The molecule has 31 heavy (non-hydrogen) atoms. The van der Waals surface area contributed by atoms with Crippen molar-refractivity contribution in [2.45, 2.75) is 79.2 Å². The van der Waals surface area contributed by atoms with E-state index in [2.05, 4.69) is 45.1 Å².